The number of carbonyl (C=O) groups excluding carboxylic acids is 1. The number of nitrogens with zero attached hydrogens (tertiary/aromatic N) is 3. The number of rotatable bonds is 5. The van der Waals surface area contributed by atoms with E-state index in [1.165, 1.54) is 0 Å². The van der Waals surface area contributed by atoms with Gasteiger partial charge in [0.1, 0.15) is 0 Å². The normalized spacial score (nSPS) is 14.1. The predicted molar refractivity (Wildman–Crippen MR) is 100 cm³/mol. The van der Waals surface area contributed by atoms with Crippen molar-refractivity contribution in [1.29, 1.82) is 0 Å². The van der Waals surface area contributed by atoms with Crippen LogP contribution in [0.1, 0.15) is 48.7 Å². The summed E-state index contributed by atoms with van der Waals surface area (Å²) < 4.78 is 1.81. The number of amides is 1. The van der Waals surface area contributed by atoms with Crippen LogP contribution in [-0.4, -0.2) is 31.4 Å². The van der Waals surface area contributed by atoms with Crippen molar-refractivity contribution in [3.8, 4) is 0 Å². The number of carbonyl (C=O) groups is 1. The quantitative estimate of drug-likeness (QED) is 0.768. The minimum atomic E-state index is -0.0943. The van der Waals surface area contributed by atoms with Crippen LogP contribution in [0.2, 0.25) is 0 Å². The minimum Gasteiger partial charge on any atom is -0.332 e. The molecule has 2 heterocycles. The lowest BCUT2D eigenvalue weighted by atomic mass is 10.1. The summed E-state index contributed by atoms with van der Waals surface area (Å²) in [5.74, 6) is -0.0502. The molecule has 6 heteroatoms. The molecule has 1 aromatic carbocycles. The molecule has 0 saturated heterocycles. The Labute approximate surface area is 151 Å². The molecule has 0 unspecified atom stereocenters. The first-order chi connectivity index (χ1) is 12.5. The molecule has 3 aromatic rings. The number of aromatic amines is 1. The molecule has 0 spiro atoms. The van der Waals surface area contributed by atoms with Gasteiger partial charge in [-0.2, -0.15) is 0 Å². The van der Waals surface area contributed by atoms with E-state index in [9.17, 15) is 9.59 Å². The van der Waals surface area contributed by atoms with Gasteiger partial charge in [0.25, 0.3) is 5.91 Å². The molecule has 1 N–H and O–H groups in total. The fourth-order valence-corrected chi connectivity index (χ4v) is 3.30. The van der Waals surface area contributed by atoms with E-state index in [1.807, 2.05) is 43.0 Å². The van der Waals surface area contributed by atoms with Gasteiger partial charge in [-0.15, -0.1) is 0 Å². The van der Waals surface area contributed by atoms with Crippen LogP contribution in [0.25, 0.3) is 11.0 Å². The monoisotopic (exact) mass is 350 g/mol. The molecule has 4 rings (SSSR count). The summed E-state index contributed by atoms with van der Waals surface area (Å²) in [5, 5.41) is 0. The zero-order chi connectivity index (χ0) is 18.3. The first-order valence-electron chi connectivity index (χ1n) is 8.98. The van der Waals surface area contributed by atoms with Crippen molar-refractivity contribution in [2.24, 2.45) is 0 Å². The highest BCUT2D eigenvalue weighted by atomic mass is 16.2. The van der Waals surface area contributed by atoms with Crippen molar-refractivity contribution in [2.45, 2.75) is 45.3 Å². The van der Waals surface area contributed by atoms with Crippen LogP contribution in [0.15, 0.2) is 47.5 Å². The molecule has 26 heavy (non-hydrogen) atoms. The third-order valence-corrected chi connectivity index (χ3v) is 4.84. The molecule has 6 nitrogen and oxygen atoms in total. The van der Waals surface area contributed by atoms with E-state index in [0.29, 0.717) is 18.2 Å². The molecule has 0 aliphatic heterocycles. The van der Waals surface area contributed by atoms with Crippen LogP contribution < -0.4 is 5.69 Å². The number of aromatic nitrogens is 3. The summed E-state index contributed by atoms with van der Waals surface area (Å²) >= 11 is 0. The Morgan fingerprint density at radius 2 is 2.15 bits per heavy atom. The van der Waals surface area contributed by atoms with Crippen LogP contribution >= 0.6 is 0 Å². The summed E-state index contributed by atoms with van der Waals surface area (Å²) in [4.78, 5) is 34.1. The van der Waals surface area contributed by atoms with Crippen molar-refractivity contribution in [3.05, 3.63) is 64.3 Å². The van der Waals surface area contributed by atoms with Crippen molar-refractivity contribution >= 4 is 16.9 Å². The SMILES string of the molecule is CC(C)N(Cc1cccnc1)C(=O)c1ccc2c(c1)[nH]c(=O)n2C1CC1. The Morgan fingerprint density at radius 3 is 2.81 bits per heavy atom. The number of H-pyrrole nitrogens is 1. The number of nitrogens with one attached hydrogen (secondary N) is 1. The zero-order valence-corrected chi connectivity index (χ0v) is 15.0. The van der Waals surface area contributed by atoms with Gasteiger partial charge in [-0.1, -0.05) is 6.07 Å². The van der Waals surface area contributed by atoms with Crippen molar-refractivity contribution in [2.75, 3.05) is 0 Å². The molecule has 0 atom stereocenters. The van der Waals surface area contributed by atoms with Gasteiger partial charge in [0.05, 0.1) is 11.0 Å². The first-order valence-corrected chi connectivity index (χ1v) is 8.98. The van der Waals surface area contributed by atoms with Gasteiger partial charge in [-0.25, -0.2) is 4.79 Å². The second kappa shape index (κ2) is 6.44. The molecule has 1 saturated carbocycles. The topological polar surface area (TPSA) is 71.0 Å². The molecule has 0 radical (unpaired) electrons. The van der Waals surface area contributed by atoms with Gasteiger partial charge in [0.2, 0.25) is 0 Å². The van der Waals surface area contributed by atoms with Crippen molar-refractivity contribution in [1.82, 2.24) is 19.4 Å². The fourth-order valence-electron chi connectivity index (χ4n) is 3.30. The number of fused-ring (bicyclic) bond motifs is 1. The van der Waals surface area contributed by atoms with Crippen LogP contribution in [0.5, 0.6) is 0 Å². The van der Waals surface area contributed by atoms with Gasteiger partial charge < -0.3 is 9.88 Å². The highest BCUT2D eigenvalue weighted by Gasteiger charge is 2.27. The van der Waals surface area contributed by atoms with E-state index in [2.05, 4.69) is 9.97 Å². The minimum absolute atomic E-state index is 0.0496. The molecule has 1 amide bonds. The summed E-state index contributed by atoms with van der Waals surface area (Å²) in [6.07, 6.45) is 5.58. The van der Waals surface area contributed by atoms with E-state index in [-0.39, 0.29) is 17.6 Å². The smallest absolute Gasteiger partial charge is 0.326 e. The number of benzene rings is 1. The molecule has 0 bridgehead atoms. The second-order valence-corrected chi connectivity index (χ2v) is 7.15. The highest BCUT2D eigenvalue weighted by Crippen LogP contribution is 2.35. The lowest BCUT2D eigenvalue weighted by Crippen LogP contribution is -2.36. The van der Waals surface area contributed by atoms with E-state index in [4.69, 9.17) is 0 Å². The largest absolute Gasteiger partial charge is 0.332 e. The Kier molecular flexibility index (Phi) is 4.11. The maximum atomic E-state index is 13.1. The third-order valence-electron chi connectivity index (χ3n) is 4.84. The first kappa shape index (κ1) is 16.6. The van der Waals surface area contributed by atoms with Crippen LogP contribution in [0.4, 0.5) is 0 Å². The van der Waals surface area contributed by atoms with Gasteiger partial charge in [0, 0.05) is 36.6 Å². The Balaban J connectivity index is 1.66. The number of pyridine rings is 1. The van der Waals surface area contributed by atoms with Gasteiger partial charge in [0.15, 0.2) is 0 Å². The highest BCUT2D eigenvalue weighted by molar-refractivity contribution is 5.97. The molecular formula is C20H22N4O2. The molecule has 1 aliphatic carbocycles. The fraction of sp³-hybridized carbons (Fsp3) is 0.350. The second-order valence-electron chi connectivity index (χ2n) is 7.15. The molecule has 1 fully saturated rings. The van der Waals surface area contributed by atoms with Crippen molar-refractivity contribution in [3.63, 3.8) is 0 Å². The number of hydrogen-bond acceptors (Lipinski definition) is 3. The maximum Gasteiger partial charge on any atom is 0.326 e. The maximum absolute atomic E-state index is 13.1. The molecule has 134 valence electrons. The van der Waals surface area contributed by atoms with Crippen LogP contribution in [-0.2, 0) is 6.54 Å². The Morgan fingerprint density at radius 1 is 1.35 bits per heavy atom. The number of hydrogen-bond donors (Lipinski definition) is 1. The summed E-state index contributed by atoms with van der Waals surface area (Å²) in [6, 6.07) is 9.67. The molecule has 2 aromatic heterocycles. The van der Waals surface area contributed by atoms with Gasteiger partial charge >= 0.3 is 5.69 Å². The lowest BCUT2D eigenvalue weighted by molar-refractivity contribution is 0.0690. The predicted octanol–water partition coefficient (Wildman–Crippen LogP) is 3.11. The molecule has 1 aliphatic rings. The summed E-state index contributed by atoms with van der Waals surface area (Å²) in [7, 11) is 0. The van der Waals surface area contributed by atoms with E-state index >= 15 is 0 Å². The molecular weight excluding hydrogens is 328 g/mol. The standard InChI is InChI=1S/C20H22N4O2/c1-13(2)23(12-14-4-3-9-21-11-14)19(25)15-5-8-18-17(10-15)22-20(26)24(18)16-6-7-16/h3-5,8-11,13,16H,6-7,12H2,1-2H3,(H,22,26). The zero-order valence-electron chi connectivity index (χ0n) is 15.0. The van der Waals surface area contributed by atoms with E-state index in [1.54, 1.807) is 23.0 Å². The Bertz CT molecular complexity index is 1000. The lowest BCUT2D eigenvalue weighted by Gasteiger charge is -2.27. The average Bonchev–Trinajstić information content (AvgIpc) is 3.41. The van der Waals surface area contributed by atoms with E-state index in [0.717, 1.165) is 29.4 Å². The summed E-state index contributed by atoms with van der Waals surface area (Å²) in [5.41, 5.74) is 3.07. The van der Waals surface area contributed by atoms with Gasteiger partial charge in [-0.05, 0) is 56.5 Å². The van der Waals surface area contributed by atoms with Crippen molar-refractivity contribution < 1.29 is 4.79 Å². The van der Waals surface area contributed by atoms with Gasteiger partial charge in [-0.3, -0.25) is 14.3 Å². The third kappa shape index (κ3) is 3.03. The van der Waals surface area contributed by atoms with Crippen LogP contribution in [0.3, 0.4) is 0 Å². The Hall–Kier alpha value is -2.89. The number of imidazole rings is 1. The summed E-state index contributed by atoms with van der Waals surface area (Å²) in [6.45, 7) is 4.50. The average molecular weight is 350 g/mol. The van der Waals surface area contributed by atoms with Crippen LogP contribution in [0, 0.1) is 0 Å². The van der Waals surface area contributed by atoms with E-state index < -0.39 is 0 Å².